The SMILES string of the molecule is CCOC(=O)CS(=O)(=O)Cc1c(Oc2ccc(F)c(C(=N)NO)c2)c(F)cc2c1ccn2S(=O)(=O)c1ccccc1. The van der Waals surface area contributed by atoms with Crippen molar-refractivity contribution in [3.8, 4) is 11.5 Å². The van der Waals surface area contributed by atoms with E-state index >= 15 is 4.39 Å². The zero-order valence-corrected chi connectivity index (χ0v) is 22.9. The third kappa shape index (κ3) is 6.21. The lowest BCUT2D eigenvalue weighted by atomic mass is 10.1. The first kappa shape index (κ1) is 29.6. The first-order chi connectivity index (χ1) is 19.4. The Balaban J connectivity index is 1.90. The van der Waals surface area contributed by atoms with Gasteiger partial charge in [0.25, 0.3) is 10.0 Å². The summed E-state index contributed by atoms with van der Waals surface area (Å²) in [6.07, 6.45) is 1.13. The lowest BCUT2D eigenvalue weighted by Crippen LogP contribution is -2.20. The fourth-order valence-corrected chi connectivity index (χ4v) is 6.67. The average Bonchev–Trinajstić information content (AvgIpc) is 3.35. The standard InChI is InChI=1S/C26H23F2N3O8S2/c1-2-38-24(32)15-40(34,35)14-20-18-10-11-31(41(36,37)17-6-4-3-5-7-17)23(18)13-22(28)25(20)39-16-8-9-21(27)19(12-16)26(29)30-33/h3-13,33H,2,14-15H2,1H3,(H2,29,30). The number of hydroxylamine groups is 1. The first-order valence-electron chi connectivity index (χ1n) is 11.8. The number of esters is 1. The van der Waals surface area contributed by atoms with Crippen LogP contribution in [0.15, 0.2) is 71.8 Å². The minimum Gasteiger partial charge on any atom is -0.465 e. The average molecular weight is 608 g/mol. The highest BCUT2D eigenvalue weighted by Crippen LogP contribution is 2.38. The zero-order chi connectivity index (χ0) is 29.9. The van der Waals surface area contributed by atoms with Crippen LogP contribution in [0.3, 0.4) is 0 Å². The molecule has 0 aliphatic rings. The fraction of sp³-hybridized carbons (Fsp3) is 0.154. The Hall–Kier alpha value is -4.34. The quantitative estimate of drug-likeness (QED) is 0.105. The van der Waals surface area contributed by atoms with E-state index in [4.69, 9.17) is 20.1 Å². The number of benzene rings is 3. The van der Waals surface area contributed by atoms with E-state index in [0.717, 1.165) is 34.4 Å². The first-order valence-corrected chi connectivity index (χ1v) is 15.1. The van der Waals surface area contributed by atoms with Crippen molar-refractivity contribution in [2.45, 2.75) is 17.6 Å². The number of fused-ring (bicyclic) bond motifs is 1. The highest BCUT2D eigenvalue weighted by atomic mass is 32.2. The van der Waals surface area contributed by atoms with Crippen LogP contribution in [-0.2, 0) is 35.1 Å². The van der Waals surface area contributed by atoms with E-state index in [2.05, 4.69) is 0 Å². The Morgan fingerprint density at radius 1 is 1.02 bits per heavy atom. The van der Waals surface area contributed by atoms with Crippen molar-refractivity contribution in [1.82, 2.24) is 9.45 Å². The van der Waals surface area contributed by atoms with E-state index in [0.29, 0.717) is 0 Å². The molecule has 15 heteroatoms. The van der Waals surface area contributed by atoms with E-state index < -0.39 is 66.1 Å². The van der Waals surface area contributed by atoms with Gasteiger partial charge >= 0.3 is 5.97 Å². The van der Waals surface area contributed by atoms with E-state index in [1.807, 2.05) is 0 Å². The molecule has 0 aliphatic carbocycles. The summed E-state index contributed by atoms with van der Waals surface area (Å²) in [5.74, 6) is -6.72. The van der Waals surface area contributed by atoms with Crippen LogP contribution in [0.2, 0.25) is 0 Å². The number of hydrogen-bond acceptors (Lipinski definition) is 9. The maximum absolute atomic E-state index is 15.7. The Morgan fingerprint density at radius 3 is 2.39 bits per heavy atom. The number of halogens is 2. The molecule has 41 heavy (non-hydrogen) atoms. The molecule has 0 bridgehead atoms. The van der Waals surface area contributed by atoms with Crippen LogP contribution in [0.1, 0.15) is 18.1 Å². The summed E-state index contributed by atoms with van der Waals surface area (Å²) in [5.41, 5.74) is 0.524. The third-order valence-electron chi connectivity index (χ3n) is 5.82. The molecule has 0 unspecified atom stereocenters. The molecular weight excluding hydrogens is 584 g/mol. The molecule has 0 aliphatic heterocycles. The van der Waals surface area contributed by atoms with Crippen LogP contribution in [0.5, 0.6) is 11.5 Å². The van der Waals surface area contributed by atoms with E-state index in [1.54, 1.807) is 6.07 Å². The van der Waals surface area contributed by atoms with Crippen LogP contribution in [0.4, 0.5) is 8.78 Å². The maximum atomic E-state index is 15.7. The molecule has 0 spiro atoms. The molecule has 3 N–H and O–H groups in total. The summed E-state index contributed by atoms with van der Waals surface area (Å²) in [6.45, 7) is 1.42. The van der Waals surface area contributed by atoms with Gasteiger partial charge in [-0.15, -0.1) is 0 Å². The summed E-state index contributed by atoms with van der Waals surface area (Å²) >= 11 is 0. The van der Waals surface area contributed by atoms with E-state index in [9.17, 15) is 26.0 Å². The summed E-state index contributed by atoms with van der Waals surface area (Å²) < 4.78 is 93.6. The predicted molar refractivity (Wildman–Crippen MR) is 143 cm³/mol. The zero-order valence-electron chi connectivity index (χ0n) is 21.3. The summed E-state index contributed by atoms with van der Waals surface area (Å²) in [7, 11) is -8.54. The van der Waals surface area contributed by atoms with E-state index in [1.165, 1.54) is 42.7 Å². The highest BCUT2D eigenvalue weighted by Gasteiger charge is 2.28. The van der Waals surface area contributed by atoms with E-state index in [-0.39, 0.29) is 33.7 Å². The molecule has 1 heterocycles. The number of sulfone groups is 1. The van der Waals surface area contributed by atoms with Gasteiger partial charge in [-0.3, -0.25) is 20.9 Å². The Morgan fingerprint density at radius 2 is 1.73 bits per heavy atom. The highest BCUT2D eigenvalue weighted by molar-refractivity contribution is 7.91. The molecule has 216 valence electrons. The number of hydrogen-bond donors (Lipinski definition) is 3. The number of carbonyl (C=O) groups excluding carboxylic acids is 1. The van der Waals surface area contributed by atoms with Gasteiger partial charge in [0.1, 0.15) is 17.3 Å². The molecule has 0 atom stereocenters. The largest absolute Gasteiger partial charge is 0.465 e. The van der Waals surface area contributed by atoms with Gasteiger partial charge in [0.15, 0.2) is 27.2 Å². The third-order valence-corrected chi connectivity index (χ3v) is 8.92. The van der Waals surface area contributed by atoms with Gasteiger partial charge in [-0.05, 0) is 43.3 Å². The lowest BCUT2D eigenvalue weighted by Gasteiger charge is -2.16. The second kappa shape index (κ2) is 11.6. The molecular formula is C26H23F2N3O8S2. The van der Waals surface area contributed by atoms with Crippen molar-refractivity contribution < 1.29 is 45.1 Å². The van der Waals surface area contributed by atoms with Gasteiger partial charge in [0.05, 0.1) is 28.3 Å². The topological polar surface area (TPSA) is 165 Å². The van der Waals surface area contributed by atoms with Gasteiger partial charge in [-0.1, -0.05) is 18.2 Å². The predicted octanol–water partition coefficient (Wildman–Crippen LogP) is 3.73. The minimum absolute atomic E-state index is 0.0135. The second-order valence-corrected chi connectivity index (χ2v) is 12.5. The van der Waals surface area contributed by atoms with Crippen molar-refractivity contribution in [1.29, 1.82) is 5.41 Å². The van der Waals surface area contributed by atoms with Gasteiger partial charge in [-0.25, -0.2) is 29.6 Å². The molecule has 0 saturated carbocycles. The van der Waals surface area contributed by atoms with Crippen LogP contribution in [0.25, 0.3) is 10.9 Å². The fourth-order valence-electron chi connectivity index (χ4n) is 4.04. The van der Waals surface area contributed by atoms with Gasteiger partial charge in [0, 0.05) is 23.2 Å². The molecule has 1 aromatic heterocycles. The van der Waals surface area contributed by atoms with Crippen molar-refractivity contribution in [2.75, 3.05) is 12.4 Å². The summed E-state index contributed by atoms with van der Waals surface area (Å²) in [5, 5.41) is 16.6. The normalized spacial score (nSPS) is 11.8. The molecule has 0 saturated heterocycles. The molecule has 4 aromatic rings. The molecule has 4 rings (SSSR count). The molecule has 0 radical (unpaired) electrons. The number of nitrogens with one attached hydrogen (secondary N) is 2. The van der Waals surface area contributed by atoms with Gasteiger partial charge in [0.2, 0.25) is 0 Å². The van der Waals surface area contributed by atoms with Crippen molar-refractivity contribution in [2.24, 2.45) is 0 Å². The molecule has 11 nitrogen and oxygen atoms in total. The van der Waals surface area contributed by atoms with Crippen molar-refractivity contribution in [3.63, 3.8) is 0 Å². The van der Waals surface area contributed by atoms with Crippen LogP contribution in [-0.4, -0.2) is 50.2 Å². The number of rotatable bonds is 10. The van der Waals surface area contributed by atoms with Gasteiger partial charge in [-0.2, -0.15) is 0 Å². The molecule has 0 amide bonds. The number of carbonyl (C=O) groups is 1. The monoisotopic (exact) mass is 607 g/mol. The lowest BCUT2D eigenvalue weighted by molar-refractivity contribution is -0.139. The summed E-state index contributed by atoms with van der Waals surface area (Å²) in [6, 6.07) is 12.3. The van der Waals surface area contributed by atoms with Gasteiger partial charge < -0.3 is 9.47 Å². The van der Waals surface area contributed by atoms with Crippen LogP contribution in [0, 0.1) is 17.0 Å². The number of nitrogens with zero attached hydrogens (tertiary/aromatic N) is 1. The number of amidine groups is 1. The van der Waals surface area contributed by atoms with Crippen LogP contribution < -0.4 is 10.2 Å². The van der Waals surface area contributed by atoms with Crippen LogP contribution >= 0.6 is 0 Å². The van der Waals surface area contributed by atoms with Crippen molar-refractivity contribution in [3.05, 3.63) is 89.6 Å². The maximum Gasteiger partial charge on any atom is 0.321 e. The number of aromatic nitrogens is 1. The number of ether oxygens (including phenoxy) is 2. The Bertz CT molecular complexity index is 1860. The smallest absolute Gasteiger partial charge is 0.321 e. The molecule has 0 fully saturated rings. The minimum atomic E-state index is -4.31. The molecule has 3 aromatic carbocycles. The summed E-state index contributed by atoms with van der Waals surface area (Å²) in [4.78, 5) is 11.8. The Labute approximate surface area is 233 Å². The second-order valence-electron chi connectivity index (χ2n) is 8.60. The van der Waals surface area contributed by atoms with Crippen molar-refractivity contribution >= 4 is 42.6 Å². The Kier molecular flexibility index (Phi) is 8.42.